The second kappa shape index (κ2) is 11.7. The standard InChI is InChI=1S/C25H29N3O5S/c1-15(2)20-10-9-17(5)11-21(20)31-13-23-27-28-25(33-23)34-14-22(29)26-19-8-6-7-18(12-19)24(30)32-16(3)4/h6-12,15-16H,13-14H2,1-5H3,(H,26,29). The molecular weight excluding hydrogens is 454 g/mol. The molecule has 1 aromatic heterocycles. The van der Waals surface area contributed by atoms with Crippen LogP contribution in [0.2, 0.25) is 0 Å². The molecule has 0 spiro atoms. The Balaban J connectivity index is 1.51. The molecule has 0 saturated carbocycles. The zero-order chi connectivity index (χ0) is 24.7. The minimum Gasteiger partial charge on any atom is -0.484 e. The number of carbonyl (C=O) groups is 2. The number of esters is 1. The van der Waals surface area contributed by atoms with Crippen LogP contribution in [0.25, 0.3) is 0 Å². The van der Waals surface area contributed by atoms with Gasteiger partial charge in [-0.05, 0) is 62.1 Å². The number of anilines is 1. The second-order valence-electron chi connectivity index (χ2n) is 8.32. The van der Waals surface area contributed by atoms with Gasteiger partial charge >= 0.3 is 5.97 Å². The first kappa shape index (κ1) is 25.3. The molecule has 8 nitrogen and oxygen atoms in total. The highest BCUT2D eigenvalue weighted by Gasteiger charge is 2.14. The third-order valence-corrected chi connectivity index (χ3v) is 5.46. The summed E-state index contributed by atoms with van der Waals surface area (Å²) in [5.74, 6) is 0.809. The van der Waals surface area contributed by atoms with E-state index < -0.39 is 5.97 Å². The summed E-state index contributed by atoms with van der Waals surface area (Å²) in [7, 11) is 0. The maximum atomic E-state index is 12.3. The van der Waals surface area contributed by atoms with Crippen LogP contribution < -0.4 is 10.1 Å². The first-order valence-electron chi connectivity index (χ1n) is 11.0. The molecule has 1 N–H and O–H groups in total. The van der Waals surface area contributed by atoms with E-state index in [1.807, 2.05) is 13.0 Å². The van der Waals surface area contributed by atoms with E-state index in [-0.39, 0.29) is 29.6 Å². The van der Waals surface area contributed by atoms with Crippen LogP contribution >= 0.6 is 11.8 Å². The van der Waals surface area contributed by atoms with E-state index in [1.165, 1.54) is 0 Å². The van der Waals surface area contributed by atoms with Gasteiger partial charge in [0.1, 0.15) is 5.75 Å². The summed E-state index contributed by atoms with van der Waals surface area (Å²) in [4.78, 5) is 24.4. The summed E-state index contributed by atoms with van der Waals surface area (Å²) < 4.78 is 16.7. The number of thioether (sulfide) groups is 1. The fourth-order valence-electron chi connectivity index (χ4n) is 3.07. The van der Waals surface area contributed by atoms with Gasteiger partial charge < -0.3 is 19.2 Å². The lowest BCUT2D eigenvalue weighted by Crippen LogP contribution is -2.15. The molecule has 0 fully saturated rings. The number of hydrogen-bond acceptors (Lipinski definition) is 8. The van der Waals surface area contributed by atoms with Crippen molar-refractivity contribution in [3.8, 4) is 5.75 Å². The van der Waals surface area contributed by atoms with Crippen molar-refractivity contribution >= 4 is 29.3 Å². The third-order valence-electron chi connectivity index (χ3n) is 4.64. The molecule has 2 aromatic carbocycles. The fraction of sp³-hybridized carbons (Fsp3) is 0.360. The number of nitrogens with one attached hydrogen (secondary N) is 1. The normalized spacial score (nSPS) is 11.0. The molecule has 180 valence electrons. The number of aryl methyl sites for hydroxylation is 1. The SMILES string of the molecule is Cc1ccc(C(C)C)c(OCc2nnc(SCC(=O)Nc3cccc(C(=O)OC(C)C)c3)o2)c1. The Morgan fingerprint density at radius 1 is 1.09 bits per heavy atom. The Morgan fingerprint density at radius 2 is 1.88 bits per heavy atom. The van der Waals surface area contributed by atoms with E-state index in [2.05, 4.69) is 41.5 Å². The maximum Gasteiger partial charge on any atom is 0.338 e. The Labute approximate surface area is 203 Å². The van der Waals surface area contributed by atoms with E-state index >= 15 is 0 Å². The highest BCUT2D eigenvalue weighted by atomic mass is 32.2. The van der Waals surface area contributed by atoms with Crippen molar-refractivity contribution in [1.29, 1.82) is 0 Å². The molecule has 0 atom stereocenters. The number of amides is 1. The number of benzene rings is 2. The Hall–Kier alpha value is -3.33. The van der Waals surface area contributed by atoms with Crippen LogP contribution in [0.4, 0.5) is 5.69 Å². The summed E-state index contributed by atoms with van der Waals surface area (Å²) in [5.41, 5.74) is 3.09. The monoisotopic (exact) mass is 483 g/mol. The largest absolute Gasteiger partial charge is 0.484 e. The molecule has 9 heteroatoms. The Bertz CT molecular complexity index is 1140. The van der Waals surface area contributed by atoms with E-state index in [0.29, 0.717) is 23.1 Å². The zero-order valence-corrected chi connectivity index (χ0v) is 20.8. The summed E-state index contributed by atoms with van der Waals surface area (Å²) in [5, 5.41) is 11.0. The van der Waals surface area contributed by atoms with Gasteiger partial charge in [-0.15, -0.1) is 10.2 Å². The van der Waals surface area contributed by atoms with Crippen molar-refractivity contribution in [2.24, 2.45) is 0 Å². The molecule has 0 unspecified atom stereocenters. The molecule has 3 aromatic rings. The zero-order valence-electron chi connectivity index (χ0n) is 20.0. The van der Waals surface area contributed by atoms with Crippen LogP contribution in [0, 0.1) is 6.92 Å². The highest BCUT2D eigenvalue weighted by molar-refractivity contribution is 7.99. The molecule has 34 heavy (non-hydrogen) atoms. The summed E-state index contributed by atoms with van der Waals surface area (Å²) in [6.45, 7) is 9.93. The van der Waals surface area contributed by atoms with Crippen molar-refractivity contribution in [2.45, 2.75) is 58.5 Å². The van der Waals surface area contributed by atoms with Crippen LogP contribution in [0.1, 0.15) is 61.0 Å². The predicted octanol–water partition coefficient (Wildman–Crippen LogP) is 5.38. The van der Waals surface area contributed by atoms with Gasteiger partial charge in [0, 0.05) is 5.69 Å². The molecular formula is C25H29N3O5S. The number of nitrogens with zero attached hydrogens (tertiary/aromatic N) is 2. The van der Waals surface area contributed by atoms with E-state index in [0.717, 1.165) is 28.6 Å². The molecule has 0 aliphatic heterocycles. The van der Waals surface area contributed by atoms with Gasteiger partial charge in [-0.25, -0.2) is 4.79 Å². The Kier molecular flexibility index (Phi) is 8.70. The van der Waals surface area contributed by atoms with Crippen LogP contribution in [0.15, 0.2) is 52.1 Å². The molecule has 0 saturated heterocycles. The average molecular weight is 484 g/mol. The molecule has 1 amide bonds. The van der Waals surface area contributed by atoms with E-state index in [4.69, 9.17) is 13.9 Å². The van der Waals surface area contributed by atoms with Gasteiger partial charge in [0.05, 0.1) is 17.4 Å². The topological polar surface area (TPSA) is 104 Å². The van der Waals surface area contributed by atoms with Crippen molar-refractivity contribution < 1.29 is 23.5 Å². The lowest BCUT2D eigenvalue weighted by molar-refractivity contribution is -0.113. The van der Waals surface area contributed by atoms with E-state index in [9.17, 15) is 9.59 Å². The number of carbonyl (C=O) groups excluding carboxylic acids is 2. The average Bonchev–Trinajstić information content (AvgIpc) is 3.24. The lowest BCUT2D eigenvalue weighted by Gasteiger charge is -2.13. The molecule has 0 radical (unpaired) electrons. The molecule has 0 bridgehead atoms. The maximum absolute atomic E-state index is 12.3. The van der Waals surface area contributed by atoms with Gasteiger partial charge in [-0.3, -0.25) is 4.79 Å². The predicted molar refractivity (Wildman–Crippen MR) is 130 cm³/mol. The van der Waals surface area contributed by atoms with Crippen molar-refractivity contribution in [3.63, 3.8) is 0 Å². The first-order valence-corrected chi connectivity index (χ1v) is 12.0. The number of aromatic nitrogens is 2. The van der Waals surface area contributed by atoms with Gasteiger partial charge in [-0.1, -0.05) is 43.8 Å². The van der Waals surface area contributed by atoms with Gasteiger partial charge in [0.25, 0.3) is 11.1 Å². The van der Waals surface area contributed by atoms with Crippen LogP contribution in [-0.2, 0) is 16.1 Å². The Morgan fingerprint density at radius 3 is 2.62 bits per heavy atom. The van der Waals surface area contributed by atoms with Gasteiger partial charge in [-0.2, -0.15) is 0 Å². The molecule has 0 aliphatic carbocycles. The summed E-state index contributed by atoms with van der Waals surface area (Å²) in [6.07, 6.45) is -0.221. The van der Waals surface area contributed by atoms with Crippen molar-refractivity contribution in [3.05, 3.63) is 65.0 Å². The van der Waals surface area contributed by atoms with Crippen LogP contribution in [0.5, 0.6) is 5.75 Å². The smallest absolute Gasteiger partial charge is 0.338 e. The van der Waals surface area contributed by atoms with Gasteiger partial charge in [0.15, 0.2) is 6.61 Å². The summed E-state index contributed by atoms with van der Waals surface area (Å²) in [6, 6.07) is 12.7. The molecule has 1 heterocycles. The summed E-state index contributed by atoms with van der Waals surface area (Å²) >= 11 is 1.12. The third kappa shape index (κ3) is 7.34. The minimum absolute atomic E-state index is 0.0680. The fourth-order valence-corrected chi connectivity index (χ4v) is 3.65. The van der Waals surface area contributed by atoms with Crippen molar-refractivity contribution in [2.75, 3.05) is 11.1 Å². The number of hydrogen-bond donors (Lipinski definition) is 1. The highest BCUT2D eigenvalue weighted by Crippen LogP contribution is 2.28. The minimum atomic E-state index is -0.438. The molecule has 3 rings (SSSR count). The lowest BCUT2D eigenvalue weighted by atomic mass is 10.0. The molecule has 0 aliphatic rings. The number of ether oxygens (including phenoxy) is 2. The second-order valence-corrected chi connectivity index (χ2v) is 9.24. The van der Waals surface area contributed by atoms with E-state index in [1.54, 1.807) is 38.1 Å². The van der Waals surface area contributed by atoms with Gasteiger partial charge in [0.2, 0.25) is 5.91 Å². The first-order chi connectivity index (χ1) is 16.2. The van der Waals surface area contributed by atoms with Crippen LogP contribution in [-0.4, -0.2) is 33.9 Å². The van der Waals surface area contributed by atoms with Crippen molar-refractivity contribution in [1.82, 2.24) is 10.2 Å². The quantitative estimate of drug-likeness (QED) is 0.303. The van der Waals surface area contributed by atoms with Crippen LogP contribution in [0.3, 0.4) is 0 Å². The number of rotatable bonds is 10.